The van der Waals surface area contributed by atoms with Gasteiger partial charge in [0.15, 0.2) is 11.5 Å². The quantitative estimate of drug-likeness (QED) is 0.898. The molecule has 2 aliphatic heterocycles. The molecule has 1 aromatic carbocycles. The Kier molecular flexibility index (Phi) is 3.89. The van der Waals surface area contributed by atoms with Crippen LogP contribution in [0.4, 0.5) is 0 Å². The monoisotopic (exact) mass is 262 g/mol. The summed E-state index contributed by atoms with van der Waals surface area (Å²) in [6, 6.07) is 6.23. The van der Waals surface area contributed by atoms with E-state index in [9.17, 15) is 0 Å². The van der Waals surface area contributed by atoms with Crippen molar-refractivity contribution in [2.75, 3.05) is 33.5 Å². The zero-order valence-electron chi connectivity index (χ0n) is 11.5. The van der Waals surface area contributed by atoms with Crippen LogP contribution in [-0.4, -0.2) is 38.4 Å². The van der Waals surface area contributed by atoms with Crippen LogP contribution in [0.25, 0.3) is 0 Å². The average Bonchev–Trinajstić information content (AvgIpc) is 2.87. The smallest absolute Gasteiger partial charge is 0.231 e. The van der Waals surface area contributed by atoms with Gasteiger partial charge in [-0.25, -0.2) is 0 Å². The summed E-state index contributed by atoms with van der Waals surface area (Å²) in [7, 11) is 2.19. The van der Waals surface area contributed by atoms with Crippen LogP contribution in [-0.2, 0) is 6.54 Å². The Balaban J connectivity index is 1.55. The summed E-state index contributed by atoms with van der Waals surface area (Å²) in [4.78, 5) is 2.40. The maximum absolute atomic E-state index is 5.42. The fourth-order valence-electron chi connectivity index (χ4n) is 2.94. The van der Waals surface area contributed by atoms with Crippen LogP contribution in [0.3, 0.4) is 0 Å². The lowest BCUT2D eigenvalue weighted by Gasteiger charge is -2.27. The molecule has 1 saturated heterocycles. The van der Waals surface area contributed by atoms with Crippen molar-refractivity contribution in [2.45, 2.75) is 19.4 Å². The van der Waals surface area contributed by atoms with Crippen LogP contribution < -0.4 is 14.8 Å². The van der Waals surface area contributed by atoms with Gasteiger partial charge in [-0.2, -0.15) is 0 Å². The van der Waals surface area contributed by atoms with Crippen molar-refractivity contribution in [2.24, 2.45) is 5.92 Å². The lowest BCUT2D eigenvalue weighted by molar-refractivity contribution is 0.174. The average molecular weight is 262 g/mol. The summed E-state index contributed by atoms with van der Waals surface area (Å²) < 4.78 is 10.8. The molecule has 1 fully saturated rings. The molecule has 1 atom stereocenters. The maximum atomic E-state index is 5.42. The van der Waals surface area contributed by atoms with Gasteiger partial charge in [0.2, 0.25) is 6.79 Å². The van der Waals surface area contributed by atoms with Gasteiger partial charge in [-0.3, -0.25) is 0 Å². The van der Waals surface area contributed by atoms with E-state index in [2.05, 4.69) is 29.4 Å². The second-order valence-corrected chi connectivity index (χ2v) is 5.60. The molecule has 1 unspecified atom stereocenters. The zero-order chi connectivity index (χ0) is 13.1. The van der Waals surface area contributed by atoms with E-state index in [1.807, 2.05) is 6.07 Å². The minimum absolute atomic E-state index is 0.350. The highest BCUT2D eigenvalue weighted by Gasteiger charge is 2.17. The van der Waals surface area contributed by atoms with Gasteiger partial charge >= 0.3 is 0 Å². The normalized spacial score (nSPS) is 21.9. The molecule has 19 heavy (non-hydrogen) atoms. The largest absolute Gasteiger partial charge is 0.454 e. The molecule has 0 amide bonds. The number of fused-ring (bicyclic) bond motifs is 1. The van der Waals surface area contributed by atoms with Crippen LogP contribution in [0.2, 0.25) is 0 Å². The number of piperidine rings is 1. The van der Waals surface area contributed by atoms with Crippen molar-refractivity contribution < 1.29 is 9.47 Å². The Morgan fingerprint density at radius 3 is 3.05 bits per heavy atom. The molecule has 0 saturated carbocycles. The highest BCUT2D eigenvalue weighted by molar-refractivity contribution is 5.44. The van der Waals surface area contributed by atoms with Crippen molar-refractivity contribution in [1.82, 2.24) is 10.2 Å². The molecular weight excluding hydrogens is 240 g/mol. The molecule has 104 valence electrons. The first kappa shape index (κ1) is 12.8. The minimum Gasteiger partial charge on any atom is -0.454 e. The molecule has 2 heterocycles. The van der Waals surface area contributed by atoms with Gasteiger partial charge in [-0.15, -0.1) is 0 Å². The van der Waals surface area contributed by atoms with Crippen molar-refractivity contribution in [1.29, 1.82) is 0 Å². The third kappa shape index (κ3) is 3.19. The van der Waals surface area contributed by atoms with Crippen LogP contribution in [0.1, 0.15) is 18.4 Å². The molecule has 0 bridgehead atoms. The lowest BCUT2D eigenvalue weighted by Crippen LogP contribution is -2.36. The number of hydrogen-bond acceptors (Lipinski definition) is 4. The molecule has 3 rings (SSSR count). The van der Waals surface area contributed by atoms with Crippen LogP contribution in [0.5, 0.6) is 11.5 Å². The SMILES string of the molecule is CN(Cc1ccc2c(c1)OCO2)CC1CCCNC1. The molecule has 2 aliphatic rings. The van der Waals surface area contributed by atoms with Crippen LogP contribution in [0, 0.1) is 5.92 Å². The second kappa shape index (κ2) is 5.80. The number of rotatable bonds is 4. The van der Waals surface area contributed by atoms with Gasteiger partial charge in [-0.1, -0.05) is 6.07 Å². The molecule has 0 aromatic heterocycles. The predicted molar refractivity (Wildman–Crippen MR) is 74.5 cm³/mol. The van der Waals surface area contributed by atoms with Gasteiger partial charge in [-0.05, 0) is 56.6 Å². The van der Waals surface area contributed by atoms with E-state index in [0.29, 0.717) is 6.79 Å². The Hall–Kier alpha value is -1.26. The number of nitrogens with one attached hydrogen (secondary N) is 1. The Bertz CT molecular complexity index is 430. The summed E-state index contributed by atoms with van der Waals surface area (Å²) in [6.07, 6.45) is 2.65. The molecule has 1 N–H and O–H groups in total. The van der Waals surface area contributed by atoms with Crippen molar-refractivity contribution in [3.05, 3.63) is 23.8 Å². The zero-order valence-corrected chi connectivity index (χ0v) is 11.5. The van der Waals surface area contributed by atoms with Crippen LogP contribution >= 0.6 is 0 Å². The number of hydrogen-bond donors (Lipinski definition) is 1. The van der Waals surface area contributed by atoms with E-state index in [1.165, 1.54) is 24.9 Å². The molecule has 1 aromatic rings. The van der Waals surface area contributed by atoms with Crippen molar-refractivity contribution in [3.8, 4) is 11.5 Å². The van der Waals surface area contributed by atoms with E-state index in [-0.39, 0.29) is 0 Å². The van der Waals surface area contributed by atoms with E-state index in [0.717, 1.165) is 37.1 Å². The summed E-state index contributed by atoms with van der Waals surface area (Å²) >= 11 is 0. The van der Waals surface area contributed by atoms with Crippen LogP contribution in [0.15, 0.2) is 18.2 Å². The van der Waals surface area contributed by atoms with Gasteiger partial charge < -0.3 is 19.7 Å². The van der Waals surface area contributed by atoms with E-state index < -0.39 is 0 Å². The lowest BCUT2D eigenvalue weighted by atomic mass is 9.99. The first-order valence-electron chi connectivity index (χ1n) is 7.09. The molecule has 0 spiro atoms. The van der Waals surface area contributed by atoms with E-state index in [4.69, 9.17) is 9.47 Å². The van der Waals surface area contributed by atoms with Gasteiger partial charge in [0.05, 0.1) is 0 Å². The standard InChI is InChI=1S/C15H22N2O2/c1-17(10-13-3-2-6-16-8-13)9-12-4-5-14-15(7-12)19-11-18-14/h4-5,7,13,16H,2-3,6,8-11H2,1H3. The van der Waals surface area contributed by atoms with E-state index >= 15 is 0 Å². The number of ether oxygens (including phenoxy) is 2. The highest BCUT2D eigenvalue weighted by Crippen LogP contribution is 2.32. The first-order chi connectivity index (χ1) is 9.31. The highest BCUT2D eigenvalue weighted by atomic mass is 16.7. The fraction of sp³-hybridized carbons (Fsp3) is 0.600. The predicted octanol–water partition coefficient (Wildman–Crippen LogP) is 1.85. The third-order valence-corrected chi connectivity index (χ3v) is 3.86. The summed E-state index contributed by atoms with van der Waals surface area (Å²) in [5.74, 6) is 2.53. The molecular formula is C15H22N2O2. The topological polar surface area (TPSA) is 33.7 Å². The molecule has 0 radical (unpaired) electrons. The summed E-state index contributed by atoms with van der Waals surface area (Å²) in [5.41, 5.74) is 1.29. The molecule has 0 aliphatic carbocycles. The summed E-state index contributed by atoms with van der Waals surface area (Å²) in [6.45, 7) is 4.81. The Morgan fingerprint density at radius 2 is 2.21 bits per heavy atom. The fourth-order valence-corrected chi connectivity index (χ4v) is 2.94. The Morgan fingerprint density at radius 1 is 1.32 bits per heavy atom. The Labute approximate surface area is 114 Å². The number of benzene rings is 1. The number of nitrogens with zero attached hydrogens (tertiary/aromatic N) is 1. The molecule has 4 heteroatoms. The minimum atomic E-state index is 0.350. The summed E-state index contributed by atoms with van der Waals surface area (Å²) in [5, 5.41) is 3.47. The van der Waals surface area contributed by atoms with E-state index in [1.54, 1.807) is 0 Å². The van der Waals surface area contributed by atoms with Gasteiger partial charge in [0.25, 0.3) is 0 Å². The van der Waals surface area contributed by atoms with Crippen molar-refractivity contribution >= 4 is 0 Å². The van der Waals surface area contributed by atoms with Gasteiger partial charge in [0, 0.05) is 13.1 Å². The third-order valence-electron chi connectivity index (χ3n) is 3.86. The second-order valence-electron chi connectivity index (χ2n) is 5.60. The first-order valence-corrected chi connectivity index (χ1v) is 7.09. The molecule has 4 nitrogen and oxygen atoms in total. The van der Waals surface area contributed by atoms with Crippen molar-refractivity contribution in [3.63, 3.8) is 0 Å². The maximum Gasteiger partial charge on any atom is 0.231 e. The van der Waals surface area contributed by atoms with Gasteiger partial charge in [0.1, 0.15) is 0 Å².